The summed E-state index contributed by atoms with van der Waals surface area (Å²) in [6.07, 6.45) is 0.991. The normalized spacial score (nSPS) is 17.7. The molecular formula is C25H27N3O6S. The highest BCUT2D eigenvalue weighted by molar-refractivity contribution is 7.91. The molecule has 0 aliphatic carbocycles. The van der Waals surface area contributed by atoms with Gasteiger partial charge in [-0.2, -0.15) is 9.78 Å². The van der Waals surface area contributed by atoms with Crippen LogP contribution in [-0.4, -0.2) is 65.2 Å². The van der Waals surface area contributed by atoms with E-state index >= 15 is 0 Å². The number of sulfone groups is 1. The van der Waals surface area contributed by atoms with Crippen molar-refractivity contribution in [2.45, 2.75) is 38.8 Å². The Kier molecular flexibility index (Phi) is 7.02. The van der Waals surface area contributed by atoms with E-state index in [2.05, 4.69) is 5.10 Å². The molecular weight excluding hydrogens is 470 g/mol. The largest absolute Gasteiger partial charge is 0.451 e. The Labute approximate surface area is 203 Å². The molecule has 0 bridgehead atoms. The lowest BCUT2D eigenvalue weighted by atomic mass is 10.1. The summed E-state index contributed by atoms with van der Waals surface area (Å²) in [6.45, 7) is 3.19. The lowest BCUT2D eigenvalue weighted by Gasteiger charge is -2.33. The van der Waals surface area contributed by atoms with Crippen LogP contribution in [0, 0.1) is 0 Å². The van der Waals surface area contributed by atoms with Gasteiger partial charge >= 0.3 is 5.97 Å². The van der Waals surface area contributed by atoms with Gasteiger partial charge in [0.25, 0.3) is 11.5 Å². The minimum absolute atomic E-state index is 0.0363. The number of carbonyl (C=O) groups is 2. The molecule has 0 unspecified atom stereocenters. The van der Waals surface area contributed by atoms with Gasteiger partial charge in [0.05, 0.1) is 22.6 Å². The number of benzene rings is 2. The summed E-state index contributed by atoms with van der Waals surface area (Å²) in [5.74, 6) is -1.36. The molecule has 0 saturated carbocycles. The lowest BCUT2D eigenvalue weighted by Crippen LogP contribution is -2.48. The van der Waals surface area contributed by atoms with E-state index in [-0.39, 0.29) is 28.8 Å². The molecule has 0 radical (unpaired) electrons. The fourth-order valence-corrected chi connectivity index (χ4v) is 6.07. The van der Waals surface area contributed by atoms with Gasteiger partial charge in [-0.1, -0.05) is 43.3 Å². The first-order valence-corrected chi connectivity index (χ1v) is 13.3. The molecule has 1 aliphatic heterocycles. The molecule has 2 heterocycles. The van der Waals surface area contributed by atoms with Crippen molar-refractivity contribution in [3.63, 3.8) is 0 Å². The number of hydrogen-bond donors (Lipinski definition) is 0. The van der Waals surface area contributed by atoms with Gasteiger partial charge in [-0.3, -0.25) is 9.59 Å². The van der Waals surface area contributed by atoms with Gasteiger partial charge in [-0.05, 0) is 38.0 Å². The number of rotatable bonds is 7. The van der Waals surface area contributed by atoms with Gasteiger partial charge in [0.15, 0.2) is 22.1 Å². The summed E-state index contributed by atoms with van der Waals surface area (Å²) < 4.78 is 30.4. The molecule has 1 aromatic heterocycles. The summed E-state index contributed by atoms with van der Waals surface area (Å²) >= 11 is 0. The maximum atomic E-state index is 13.1. The van der Waals surface area contributed by atoms with Crippen LogP contribution in [0.3, 0.4) is 0 Å². The van der Waals surface area contributed by atoms with E-state index in [1.54, 1.807) is 54.6 Å². The molecule has 1 aliphatic rings. The molecule has 0 spiro atoms. The topological polar surface area (TPSA) is 116 Å². The second-order valence-corrected chi connectivity index (χ2v) is 10.9. The first-order chi connectivity index (χ1) is 16.7. The number of carbonyl (C=O) groups excluding carboxylic acids is 2. The molecule has 1 fully saturated rings. The highest BCUT2D eigenvalue weighted by Crippen LogP contribution is 2.22. The summed E-state index contributed by atoms with van der Waals surface area (Å²) in [5.41, 5.74) is 0.0129. The molecule has 2 atom stereocenters. The van der Waals surface area contributed by atoms with E-state index in [4.69, 9.17) is 4.74 Å². The standard InChI is InChI=1S/C25H27N3O6S/c1-3-17(2)27(19-13-14-35(32,33)16-19)22(29)15-34-25(31)23-20-11-7-8-12-21(20)24(30)28(26-23)18-9-5-4-6-10-18/h4-12,17,19H,3,13-16H2,1-2H3/t17-,19-/m0/s1. The van der Waals surface area contributed by atoms with Crippen LogP contribution >= 0.6 is 0 Å². The molecule has 184 valence electrons. The van der Waals surface area contributed by atoms with E-state index in [0.717, 1.165) is 4.68 Å². The van der Waals surface area contributed by atoms with Crippen molar-refractivity contribution in [3.05, 3.63) is 70.6 Å². The third kappa shape index (κ3) is 5.12. The number of aromatic nitrogens is 2. The third-order valence-electron chi connectivity index (χ3n) is 6.28. The molecule has 2 aromatic carbocycles. The highest BCUT2D eigenvalue weighted by atomic mass is 32.2. The summed E-state index contributed by atoms with van der Waals surface area (Å²) in [4.78, 5) is 40.7. The number of esters is 1. The van der Waals surface area contributed by atoms with Crippen LogP contribution in [0.1, 0.15) is 37.2 Å². The Morgan fingerprint density at radius 3 is 2.40 bits per heavy atom. The number of hydrogen-bond acceptors (Lipinski definition) is 7. The zero-order chi connectivity index (χ0) is 25.2. The Morgan fingerprint density at radius 2 is 1.77 bits per heavy atom. The van der Waals surface area contributed by atoms with Gasteiger partial charge in [0.2, 0.25) is 0 Å². The molecule has 1 saturated heterocycles. The van der Waals surface area contributed by atoms with E-state index < -0.39 is 34.4 Å². The van der Waals surface area contributed by atoms with Crippen molar-refractivity contribution in [1.29, 1.82) is 0 Å². The first-order valence-electron chi connectivity index (χ1n) is 11.5. The number of fused-ring (bicyclic) bond motifs is 1. The fourth-order valence-electron chi connectivity index (χ4n) is 4.36. The van der Waals surface area contributed by atoms with Crippen LogP contribution in [0.4, 0.5) is 0 Å². The summed E-state index contributed by atoms with van der Waals surface area (Å²) in [7, 11) is -3.19. The molecule has 4 rings (SSSR count). The second-order valence-electron chi connectivity index (χ2n) is 8.64. The van der Waals surface area contributed by atoms with Crippen molar-refractivity contribution < 1.29 is 22.7 Å². The van der Waals surface area contributed by atoms with E-state index in [1.807, 2.05) is 13.8 Å². The summed E-state index contributed by atoms with van der Waals surface area (Å²) in [5, 5.41) is 4.88. The molecule has 0 N–H and O–H groups in total. The highest BCUT2D eigenvalue weighted by Gasteiger charge is 2.37. The van der Waals surface area contributed by atoms with Crippen molar-refractivity contribution in [2.75, 3.05) is 18.1 Å². The number of para-hydroxylation sites is 1. The number of amides is 1. The van der Waals surface area contributed by atoms with Crippen molar-refractivity contribution >= 4 is 32.5 Å². The van der Waals surface area contributed by atoms with Crippen molar-refractivity contribution in [1.82, 2.24) is 14.7 Å². The molecule has 35 heavy (non-hydrogen) atoms. The summed E-state index contributed by atoms with van der Waals surface area (Å²) in [6, 6.07) is 14.6. The minimum atomic E-state index is -3.19. The van der Waals surface area contributed by atoms with Crippen molar-refractivity contribution in [2.24, 2.45) is 0 Å². The first kappa shape index (κ1) is 24.6. The molecule has 9 nitrogen and oxygen atoms in total. The SMILES string of the molecule is CC[C@H](C)N(C(=O)COC(=O)c1nn(-c2ccccc2)c(=O)c2ccccc12)[C@H]1CCS(=O)(=O)C1. The van der Waals surface area contributed by atoms with E-state index in [1.165, 1.54) is 4.90 Å². The molecule has 10 heteroatoms. The zero-order valence-electron chi connectivity index (χ0n) is 19.6. The van der Waals surface area contributed by atoms with Crippen LogP contribution in [0.5, 0.6) is 0 Å². The Morgan fingerprint density at radius 1 is 1.11 bits per heavy atom. The predicted molar refractivity (Wildman–Crippen MR) is 131 cm³/mol. The number of nitrogens with zero attached hydrogens (tertiary/aromatic N) is 3. The fraction of sp³-hybridized carbons (Fsp3) is 0.360. The predicted octanol–water partition coefficient (Wildman–Crippen LogP) is 2.36. The molecule has 1 amide bonds. The maximum Gasteiger partial charge on any atom is 0.359 e. The third-order valence-corrected chi connectivity index (χ3v) is 8.03. The van der Waals surface area contributed by atoms with Gasteiger partial charge in [-0.25, -0.2) is 13.2 Å². The maximum absolute atomic E-state index is 13.1. The average molecular weight is 498 g/mol. The van der Waals surface area contributed by atoms with E-state index in [9.17, 15) is 22.8 Å². The molecule has 3 aromatic rings. The van der Waals surface area contributed by atoms with Gasteiger partial charge in [0, 0.05) is 17.5 Å². The van der Waals surface area contributed by atoms with Gasteiger partial charge in [0.1, 0.15) is 0 Å². The second kappa shape index (κ2) is 9.99. The number of ether oxygens (including phenoxy) is 1. The van der Waals surface area contributed by atoms with Crippen LogP contribution in [-0.2, 0) is 19.4 Å². The van der Waals surface area contributed by atoms with Crippen LogP contribution in [0.15, 0.2) is 59.4 Å². The Hall–Kier alpha value is -3.53. The van der Waals surface area contributed by atoms with Crippen LogP contribution in [0.2, 0.25) is 0 Å². The lowest BCUT2D eigenvalue weighted by molar-refractivity contribution is -0.138. The minimum Gasteiger partial charge on any atom is -0.451 e. The van der Waals surface area contributed by atoms with Crippen LogP contribution < -0.4 is 5.56 Å². The average Bonchev–Trinajstić information content (AvgIpc) is 3.22. The van der Waals surface area contributed by atoms with Gasteiger partial charge < -0.3 is 9.64 Å². The van der Waals surface area contributed by atoms with Crippen molar-refractivity contribution in [3.8, 4) is 5.69 Å². The Balaban J connectivity index is 1.62. The monoisotopic (exact) mass is 497 g/mol. The quantitative estimate of drug-likeness (QED) is 0.460. The Bertz CT molecular complexity index is 1420. The van der Waals surface area contributed by atoms with Crippen LogP contribution in [0.25, 0.3) is 16.5 Å². The van der Waals surface area contributed by atoms with Gasteiger partial charge in [-0.15, -0.1) is 0 Å². The zero-order valence-corrected chi connectivity index (χ0v) is 20.4. The smallest absolute Gasteiger partial charge is 0.359 e. The van der Waals surface area contributed by atoms with E-state index in [0.29, 0.717) is 29.3 Å².